The summed E-state index contributed by atoms with van der Waals surface area (Å²) >= 11 is 1.18. The van der Waals surface area contributed by atoms with Gasteiger partial charge in [-0.2, -0.15) is 13.2 Å². The smallest absolute Gasteiger partial charge is 0.416 e. The molecular formula is C28H29F3N8O3S. The number of hydrogen-bond donors (Lipinski definition) is 2. The van der Waals surface area contributed by atoms with Crippen LogP contribution in [0.2, 0.25) is 0 Å². The number of amides is 2. The van der Waals surface area contributed by atoms with Gasteiger partial charge in [0.15, 0.2) is 5.13 Å². The number of methoxy groups -OCH3 is 1. The van der Waals surface area contributed by atoms with Crippen molar-refractivity contribution in [1.29, 1.82) is 0 Å². The van der Waals surface area contributed by atoms with Crippen LogP contribution in [0.15, 0.2) is 48.8 Å². The van der Waals surface area contributed by atoms with E-state index in [4.69, 9.17) is 0 Å². The Kier molecular flexibility index (Phi) is 8.64. The highest BCUT2D eigenvalue weighted by Gasteiger charge is 2.32. The number of aromatic nitrogens is 4. The van der Waals surface area contributed by atoms with E-state index in [1.807, 2.05) is 18.9 Å². The zero-order valence-electron chi connectivity index (χ0n) is 23.6. The van der Waals surface area contributed by atoms with Gasteiger partial charge in [-0.05, 0) is 62.8 Å². The van der Waals surface area contributed by atoms with Crippen LogP contribution in [0.3, 0.4) is 0 Å². The van der Waals surface area contributed by atoms with E-state index in [9.17, 15) is 22.8 Å². The summed E-state index contributed by atoms with van der Waals surface area (Å²) in [7, 11) is 3.23. The largest absolute Gasteiger partial charge is 0.453 e. The predicted molar refractivity (Wildman–Crippen MR) is 157 cm³/mol. The molecule has 3 heterocycles. The van der Waals surface area contributed by atoms with Gasteiger partial charge in [0.1, 0.15) is 5.69 Å². The van der Waals surface area contributed by atoms with Crippen LogP contribution >= 0.6 is 11.3 Å². The van der Waals surface area contributed by atoms with Gasteiger partial charge in [-0.1, -0.05) is 22.6 Å². The van der Waals surface area contributed by atoms with Crippen molar-refractivity contribution in [2.75, 3.05) is 55.9 Å². The Hall–Kier alpha value is -4.50. The quantitative estimate of drug-likeness (QED) is 0.301. The Morgan fingerprint density at radius 1 is 1.05 bits per heavy atom. The number of carbonyl (C=O) groups is 2. The summed E-state index contributed by atoms with van der Waals surface area (Å²) in [5.41, 5.74) is 1.70. The molecule has 2 amide bonds. The second kappa shape index (κ2) is 12.4. The molecule has 11 nitrogen and oxygen atoms in total. The summed E-state index contributed by atoms with van der Waals surface area (Å²) in [5, 5.41) is 13.8. The van der Waals surface area contributed by atoms with E-state index < -0.39 is 23.7 Å². The van der Waals surface area contributed by atoms with E-state index in [-0.39, 0.29) is 11.3 Å². The number of carbonyl (C=O) groups excluding carboxylic acids is 2. The van der Waals surface area contributed by atoms with Crippen molar-refractivity contribution in [3.63, 3.8) is 0 Å². The lowest BCUT2D eigenvalue weighted by Crippen LogP contribution is -2.29. The maximum atomic E-state index is 13.8. The van der Waals surface area contributed by atoms with Crippen LogP contribution in [-0.4, -0.2) is 77.2 Å². The second-order valence-electron chi connectivity index (χ2n) is 10.1. The van der Waals surface area contributed by atoms with Crippen LogP contribution in [0.5, 0.6) is 0 Å². The highest BCUT2D eigenvalue weighted by Crippen LogP contribution is 2.35. The van der Waals surface area contributed by atoms with Crippen LogP contribution < -0.4 is 15.5 Å². The molecule has 5 rings (SSSR count). The molecule has 2 aromatic carbocycles. The first kappa shape index (κ1) is 30.0. The molecule has 2 N–H and O–H groups in total. The zero-order chi connectivity index (χ0) is 30.7. The topological polar surface area (TPSA) is 118 Å². The van der Waals surface area contributed by atoms with Gasteiger partial charge in [0.05, 0.1) is 29.4 Å². The molecule has 0 radical (unpaired) electrons. The Labute approximate surface area is 249 Å². The number of ether oxygens (including phenoxy) is 1. The van der Waals surface area contributed by atoms with Crippen LogP contribution in [0.1, 0.15) is 27.9 Å². The number of rotatable bonds is 6. The molecule has 0 aliphatic carbocycles. The number of nitrogens with zero attached hydrogens (tertiary/aromatic N) is 6. The van der Waals surface area contributed by atoms with E-state index >= 15 is 0 Å². The summed E-state index contributed by atoms with van der Waals surface area (Å²) in [6, 6.07) is 8.57. The molecule has 2 aromatic heterocycles. The summed E-state index contributed by atoms with van der Waals surface area (Å²) < 4.78 is 47.5. The lowest BCUT2D eigenvalue weighted by Gasteiger charge is -2.25. The van der Waals surface area contributed by atoms with Crippen molar-refractivity contribution in [2.45, 2.75) is 19.5 Å². The fourth-order valence-electron chi connectivity index (χ4n) is 4.62. The maximum absolute atomic E-state index is 13.8. The summed E-state index contributed by atoms with van der Waals surface area (Å²) in [4.78, 5) is 33.5. The van der Waals surface area contributed by atoms with Gasteiger partial charge >= 0.3 is 12.3 Å². The van der Waals surface area contributed by atoms with E-state index in [0.29, 0.717) is 40.2 Å². The first-order valence-corrected chi connectivity index (χ1v) is 14.1. The third-order valence-electron chi connectivity index (χ3n) is 6.95. The van der Waals surface area contributed by atoms with Crippen molar-refractivity contribution in [1.82, 2.24) is 24.9 Å². The number of thiazole rings is 1. The fourth-order valence-corrected chi connectivity index (χ4v) is 5.37. The third-order valence-corrected chi connectivity index (χ3v) is 7.89. The van der Waals surface area contributed by atoms with Crippen molar-refractivity contribution < 1.29 is 27.5 Å². The highest BCUT2D eigenvalue weighted by molar-refractivity contribution is 7.19. The van der Waals surface area contributed by atoms with Gasteiger partial charge < -0.3 is 19.9 Å². The zero-order valence-corrected chi connectivity index (χ0v) is 24.4. The minimum atomic E-state index is -4.58. The minimum Gasteiger partial charge on any atom is -0.453 e. The predicted octanol–water partition coefficient (Wildman–Crippen LogP) is 5.29. The number of alkyl halides is 3. The average molecular weight is 615 g/mol. The van der Waals surface area contributed by atoms with Crippen molar-refractivity contribution in [3.8, 4) is 16.3 Å². The van der Waals surface area contributed by atoms with Crippen LogP contribution in [0.25, 0.3) is 16.3 Å². The molecule has 43 heavy (non-hydrogen) atoms. The third kappa shape index (κ3) is 7.11. The standard InChI is InChI=1S/C28H29F3N8O3S/c1-17-5-6-18(11-23(17)39-16-22(35-36-39)24-15-32-26(43-24)34-27(41)42-3)25(40)33-20-12-19(28(29,30)31)13-21(14-20)38-8-4-7-37(2)9-10-38/h5-6,11-16H,4,7-10H2,1-3H3,(H,33,40)(H,32,34,41). The van der Waals surface area contributed by atoms with Crippen LogP contribution in [0.4, 0.5) is 34.5 Å². The maximum Gasteiger partial charge on any atom is 0.416 e. The normalized spacial score (nSPS) is 14.3. The molecule has 1 fully saturated rings. The van der Waals surface area contributed by atoms with E-state index in [0.717, 1.165) is 37.2 Å². The monoisotopic (exact) mass is 614 g/mol. The van der Waals surface area contributed by atoms with Crippen molar-refractivity contribution >= 4 is 39.8 Å². The Bertz CT molecular complexity index is 1640. The number of benzene rings is 2. The SMILES string of the molecule is COC(=O)Nc1ncc(-c2cn(-c3cc(C(=O)Nc4cc(N5CCCN(C)CC5)cc(C(F)(F)F)c4)ccc3C)nn2)s1. The minimum absolute atomic E-state index is 0.0548. The van der Waals surface area contributed by atoms with Gasteiger partial charge in [0.2, 0.25) is 0 Å². The number of nitrogens with one attached hydrogen (secondary N) is 2. The lowest BCUT2D eigenvalue weighted by molar-refractivity contribution is -0.137. The number of hydrogen-bond acceptors (Lipinski definition) is 9. The molecule has 1 aliphatic rings. The molecular weight excluding hydrogens is 585 g/mol. The van der Waals surface area contributed by atoms with Gasteiger partial charge in [-0.3, -0.25) is 10.1 Å². The first-order valence-electron chi connectivity index (χ1n) is 13.3. The van der Waals surface area contributed by atoms with Gasteiger partial charge in [-0.25, -0.2) is 14.5 Å². The molecule has 0 saturated carbocycles. The fraction of sp³-hybridized carbons (Fsp3) is 0.321. The molecule has 0 atom stereocenters. The summed E-state index contributed by atoms with van der Waals surface area (Å²) in [6.45, 7) is 4.62. The van der Waals surface area contributed by atoms with Crippen molar-refractivity contribution in [2.24, 2.45) is 0 Å². The second-order valence-corrected chi connectivity index (χ2v) is 11.1. The molecule has 4 aromatic rings. The van der Waals surface area contributed by atoms with Crippen molar-refractivity contribution in [3.05, 3.63) is 65.5 Å². The average Bonchev–Trinajstić information content (AvgIpc) is 3.59. The summed E-state index contributed by atoms with van der Waals surface area (Å²) in [6.07, 6.45) is -1.22. The Morgan fingerprint density at radius 3 is 2.63 bits per heavy atom. The molecule has 0 unspecified atom stereocenters. The number of aryl methyl sites for hydroxylation is 1. The van der Waals surface area contributed by atoms with E-state index in [2.05, 4.69) is 35.6 Å². The first-order chi connectivity index (χ1) is 20.5. The molecule has 1 saturated heterocycles. The molecule has 15 heteroatoms. The molecule has 0 bridgehead atoms. The Balaban J connectivity index is 1.38. The summed E-state index contributed by atoms with van der Waals surface area (Å²) in [5.74, 6) is -0.566. The van der Waals surface area contributed by atoms with Crippen LogP contribution in [-0.2, 0) is 10.9 Å². The number of likely N-dealkylation sites (N-methyl/N-ethyl adjacent to an activating group) is 1. The number of halogens is 3. The molecule has 1 aliphatic heterocycles. The van der Waals surface area contributed by atoms with Gasteiger partial charge in [0.25, 0.3) is 5.91 Å². The lowest BCUT2D eigenvalue weighted by atomic mass is 10.1. The molecule has 0 spiro atoms. The highest BCUT2D eigenvalue weighted by atomic mass is 32.1. The Morgan fingerprint density at radius 2 is 1.86 bits per heavy atom. The van der Waals surface area contributed by atoms with Crippen LogP contribution in [0, 0.1) is 6.92 Å². The molecule has 226 valence electrons. The van der Waals surface area contributed by atoms with E-state index in [1.54, 1.807) is 30.5 Å². The van der Waals surface area contributed by atoms with E-state index in [1.165, 1.54) is 29.3 Å². The van der Waals surface area contributed by atoms with Gasteiger partial charge in [-0.15, -0.1) is 5.10 Å². The number of anilines is 3. The van der Waals surface area contributed by atoms with Gasteiger partial charge in [0, 0.05) is 42.8 Å².